The van der Waals surface area contributed by atoms with Crippen LogP contribution in [0.4, 0.5) is 5.00 Å². The standard InChI is InChI=1S/C11H15N3O3S/c1-5-3-12-4-7(5)9(15)13-10-8(11(16)17)6(2)14-18-10/h5,7,12H,3-4H2,1-2H3,(H,13,15)(H,16,17)/t5-,7-/m1/s1. The molecule has 18 heavy (non-hydrogen) atoms. The topological polar surface area (TPSA) is 91.3 Å². The lowest BCUT2D eigenvalue weighted by atomic mass is 9.97. The molecule has 1 fully saturated rings. The molecule has 6 nitrogen and oxygen atoms in total. The average molecular weight is 269 g/mol. The Labute approximate surface area is 109 Å². The van der Waals surface area contributed by atoms with Crippen LogP contribution in [-0.2, 0) is 4.79 Å². The van der Waals surface area contributed by atoms with Gasteiger partial charge in [0.05, 0.1) is 11.6 Å². The molecule has 1 saturated heterocycles. The van der Waals surface area contributed by atoms with Crippen LogP contribution in [0.1, 0.15) is 23.0 Å². The van der Waals surface area contributed by atoms with Crippen molar-refractivity contribution < 1.29 is 14.7 Å². The van der Waals surface area contributed by atoms with Crippen LogP contribution in [-0.4, -0.2) is 34.4 Å². The SMILES string of the molecule is Cc1nsc(NC(=O)[C@@H]2CNC[C@H]2C)c1C(=O)O. The lowest BCUT2D eigenvalue weighted by molar-refractivity contribution is -0.120. The summed E-state index contributed by atoms with van der Waals surface area (Å²) in [5.74, 6) is -1.06. The van der Waals surface area contributed by atoms with Crippen molar-refractivity contribution in [1.29, 1.82) is 0 Å². The van der Waals surface area contributed by atoms with Crippen LogP contribution >= 0.6 is 11.5 Å². The number of carboxylic acid groups (broad SMARTS) is 1. The molecular weight excluding hydrogens is 254 g/mol. The quantitative estimate of drug-likeness (QED) is 0.759. The Morgan fingerprint density at radius 1 is 1.50 bits per heavy atom. The predicted molar refractivity (Wildman–Crippen MR) is 68.0 cm³/mol. The molecule has 7 heteroatoms. The van der Waals surface area contributed by atoms with Gasteiger partial charge in [0.25, 0.3) is 0 Å². The van der Waals surface area contributed by atoms with Crippen molar-refractivity contribution in [2.24, 2.45) is 11.8 Å². The first-order chi connectivity index (χ1) is 8.50. The van der Waals surface area contributed by atoms with Crippen molar-refractivity contribution in [1.82, 2.24) is 9.69 Å². The normalized spacial score (nSPS) is 23.0. The summed E-state index contributed by atoms with van der Waals surface area (Å²) in [6.07, 6.45) is 0. The minimum atomic E-state index is -1.06. The highest BCUT2D eigenvalue weighted by Gasteiger charge is 2.31. The van der Waals surface area contributed by atoms with E-state index in [2.05, 4.69) is 15.0 Å². The number of rotatable bonds is 3. The molecule has 1 aliphatic rings. The summed E-state index contributed by atoms with van der Waals surface area (Å²) in [7, 11) is 0. The third kappa shape index (κ3) is 2.37. The number of aromatic nitrogens is 1. The van der Waals surface area contributed by atoms with Crippen LogP contribution in [0.2, 0.25) is 0 Å². The number of hydrogen-bond acceptors (Lipinski definition) is 5. The molecule has 0 radical (unpaired) electrons. The van der Waals surface area contributed by atoms with Gasteiger partial charge < -0.3 is 15.7 Å². The molecular formula is C11H15N3O3S. The molecule has 0 aromatic carbocycles. The minimum absolute atomic E-state index is 0.0898. The van der Waals surface area contributed by atoms with Crippen LogP contribution in [0.15, 0.2) is 0 Å². The molecule has 2 heterocycles. The van der Waals surface area contributed by atoms with Gasteiger partial charge in [-0.2, -0.15) is 4.37 Å². The molecule has 0 unspecified atom stereocenters. The molecule has 0 aliphatic carbocycles. The van der Waals surface area contributed by atoms with Gasteiger partial charge in [-0.05, 0) is 30.9 Å². The summed E-state index contributed by atoms with van der Waals surface area (Å²) in [4.78, 5) is 23.1. The minimum Gasteiger partial charge on any atom is -0.478 e. The summed E-state index contributed by atoms with van der Waals surface area (Å²) >= 11 is 1.01. The largest absolute Gasteiger partial charge is 0.478 e. The second-order valence-corrected chi connectivity index (χ2v) is 5.28. The van der Waals surface area contributed by atoms with Gasteiger partial charge in [-0.15, -0.1) is 0 Å². The van der Waals surface area contributed by atoms with Gasteiger partial charge >= 0.3 is 5.97 Å². The first kappa shape index (κ1) is 13.0. The second-order valence-electron chi connectivity index (χ2n) is 4.51. The Balaban J connectivity index is 2.14. The molecule has 0 saturated carbocycles. The van der Waals surface area contributed by atoms with E-state index in [1.807, 2.05) is 6.92 Å². The van der Waals surface area contributed by atoms with Crippen molar-refractivity contribution in [2.45, 2.75) is 13.8 Å². The zero-order valence-corrected chi connectivity index (χ0v) is 11.0. The Kier molecular flexibility index (Phi) is 3.63. The molecule has 1 aromatic rings. The third-order valence-electron chi connectivity index (χ3n) is 3.17. The van der Waals surface area contributed by atoms with Crippen LogP contribution in [0.3, 0.4) is 0 Å². The van der Waals surface area contributed by atoms with Crippen molar-refractivity contribution >= 4 is 28.4 Å². The highest BCUT2D eigenvalue weighted by molar-refractivity contribution is 7.11. The first-order valence-corrected chi connectivity index (χ1v) is 6.49. The molecule has 98 valence electrons. The summed E-state index contributed by atoms with van der Waals surface area (Å²) in [5, 5.41) is 15.2. The molecule has 2 atom stereocenters. The van der Waals surface area contributed by atoms with E-state index in [1.54, 1.807) is 6.92 Å². The van der Waals surface area contributed by atoms with Crippen LogP contribution in [0.25, 0.3) is 0 Å². The molecule has 3 N–H and O–H groups in total. The van der Waals surface area contributed by atoms with E-state index in [0.29, 0.717) is 17.2 Å². The first-order valence-electron chi connectivity index (χ1n) is 5.72. The fraction of sp³-hybridized carbons (Fsp3) is 0.545. The van der Waals surface area contributed by atoms with E-state index in [4.69, 9.17) is 5.11 Å². The lowest BCUT2D eigenvalue weighted by Gasteiger charge is -2.13. The molecule has 1 aromatic heterocycles. The van der Waals surface area contributed by atoms with Crippen LogP contribution in [0, 0.1) is 18.8 Å². The number of carbonyl (C=O) groups is 2. The Bertz CT molecular complexity index is 486. The number of aromatic carboxylic acids is 1. The number of nitrogens with one attached hydrogen (secondary N) is 2. The van der Waals surface area contributed by atoms with E-state index in [-0.39, 0.29) is 23.3 Å². The fourth-order valence-corrected chi connectivity index (χ4v) is 2.86. The monoisotopic (exact) mass is 269 g/mol. The van der Waals surface area contributed by atoms with E-state index in [1.165, 1.54) is 0 Å². The Hall–Kier alpha value is -1.47. The lowest BCUT2D eigenvalue weighted by Crippen LogP contribution is -2.28. The highest BCUT2D eigenvalue weighted by Crippen LogP contribution is 2.26. The molecule has 2 rings (SSSR count). The van der Waals surface area contributed by atoms with Crippen LogP contribution < -0.4 is 10.6 Å². The van der Waals surface area contributed by atoms with Gasteiger partial charge in [0.2, 0.25) is 5.91 Å². The molecule has 0 bridgehead atoms. The summed E-state index contributed by atoms with van der Waals surface area (Å²) in [5.41, 5.74) is 0.521. The highest BCUT2D eigenvalue weighted by atomic mass is 32.1. The number of anilines is 1. The van der Waals surface area contributed by atoms with Gasteiger partial charge in [0, 0.05) is 6.54 Å². The number of amides is 1. The predicted octanol–water partition coefficient (Wildman–Crippen LogP) is 0.944. The zero-order valence-electron chi connectivity index (χ0n) is 10.2. The maximum Gasteiger partial charge on any atom is 0.340 e. The maximum absolute atomic E-state index is 12.0. The van der Waals surface area contributed by atoms with Crippen molar-refractivity contribution in [3.05, 3.63) is 11.3 Å². The smallest absolute Gasteiger partial charge is 0.340 e. The number of carbonyl (C=O) groups excluding carboxylic acids is 1. The van der Waals surface area contributed by atoms with E-state index >= 15 is 0 Å². The molecule has 1 amide bonds. The molecule has 1 aliphatic heterocycles. The van der Waals surface area contributed by atoms with Gasteiger partial charge in [0.1, 0.15) is 10.6 Å². The zero-order chi connectivity index (χ0) is 13.3. The second kappa shape index (κ2) is 5.03. The van der Waals surface area contributed by atoms with E-state index in [9.17, 15) is 9.59 Å². The van der Waals surface area contributed by atoms with Gasteiger partial charge in [-0.25, -0.2) is 4.79 Å². The maximum atomic E-state index is 12.0. The number of aryl methyl sites for hydroxylation is 1. The third-order valence-corrected chi connectivity index (χ3v) is 4.02. The van der Waals surface area contributed by atoms with Crippen molar-refractivity contribution in [3.63, 3.8) is 0 Å². The van der Waals surface area contributed by atoms with Gasteiger partial charge in [0.15, 0.2) is 0 Å². The number of carboxylic acids is 1. The summed E-state index contributed by atoms with van der Waals surface area (Å²) in [6, 6.07) is 0. The van der Waals surface area contributed by atoms with Gasteiger partial charge in [-0.3, -0.25) is 4.79 Å². The van der Waals surface area contributed by atoms with Gasteiger partial charge in [-0.1, -0.05) is 6.92 Å². The van der Waals surface area contributed by atoms with E-state index in [0.717, 1.165) is 18.1 Å². The van der Waals surface area contributed by atoms with Crippen molar-refractivity contribution in [3.8, 4) is 0 Å². The fourth-order valence-electron chi connectivity index (χ4n) is 2.07. The Morgan fingerprint density at radius 2 is 2.22 bits per heavy atom. The molecule has 0 spiro atoms. The Morgan fingerprint density at radius 3 is 2.78 bits per heavy atom. The number of nitrogens with zero attached hydrogens (tertiary/aromatic N) is 1. The number of hydrogen-bond donors (Lipinski definition) is 3. The van der Waals surface area contributed by atoms with E-state index < -0.39 is 5.97 Å². The van der Waals surface area contributed by atoms with Crippen LogP contribution in [0.5, 0.6) is 0 Å². The average Bonchev–Trinajstić information content (AvgIpc) is 2.85. The summed E-state index contributed by atoms with van der Waals surface area (Å²) in [6.45, 7) is 5.06. The summed E-state index contributed by atoms with van der Waals surface area (Å²) < 4.78 is 3.97. The van der Waals surface area contributed by atoms with Crippen molar-refractivity contribution in [2.75, 3.05) is 18.4 Å².